The molecule has 5 rings (SSSR count). The predicted octanol–water partition coefficient (Wildman–Crippen LogP) is 6.63. The van der Waals surface area contributed by atoms with Gasteiger partial charge in [0, 0.05) is 40.6 Å². The first-order chi connectivity index (χ1) is 17.3. The number of nitrogens with zero attached hydrogens (tertiary/aromatic N) is 2. The molecule has 0 aliphatic heterocycles. The number of rotatable bonds is 9. The first kappa shape index (κ1) is 25.1. The maximum absolute atomic E-state index is 12.8. The molecule has 2 aliphatic carbocycles. The van der Waals surface area contributed by atoms with Crippen LogP contribution in [0.25, 0.3) is 10.9 Å². The third-order valence-electron chi connectivity index (χ3n) is 6.75. The smallest absolute Gasteiger partial charge is 0.405 e. The summed E-state index contributed by atoms with van der Waals surface area (Å²) < 4.78 is 43.1. The van der Waals surface area contributed by atoms with Crippen LogP contribution in [0.5, 0.6) is 5.75 Å². The molecule has 0 amide bonds. The summed E-state index contributed by atoms with van der Waals surface area (Å²) in [5.41, 5.74) is 1.39. The molecule has 3 aromatic rings. The molecule has 1 heterocycles. The van der Waals surface area contributed by atoms with Crippen molar-refractivity contribution in [2.24, 2.45) is 5.92 Å². The number of alkyl halides is 3. The van der Waals surface area contributed by atoms with Crippen molar-refractivity contribution in [2.45, 2.75) is 63.5 Å². The second kappa shape index (κ2) is 10.8. The van der Waals surface area contributed by atoms with Gasteiger partial charge in [0.15, 0.2) is 0 Å². The van der Waals surface area contributed by atoms with Gasteiger partial charge in [-0.1, -0.05) is 34.1 Å². The quantitative estimate of drug-likeness (QED) is 0.271. The molecule has 6 nitrogen and oxygen atoms in total. The van der Waals surface area contributed by atoms with Crippen LogP contribution in [0.1, 0.15) is 44.1 Å². The number of hydrogen-bond acceptors (Lipinski definition) is 6. The molecule has 1 aromatic heterocycles. The largest absolute Gasteiger partial charge is 0.573 e. The van der Waals surface area contributed by atoms with Gasteiger partial charge in [0.05, 0.1) is 5.52 Å². The summed E-state index contributed by atoms with van der Waals surface area (Å²) >= 11 is 3.21. The van der Waals surface area contributed by atoms with E-state index in [1.54, 1.807) is 12.1 Å². The van der Waals surface area contributed by atoms with E-state index in [0.717, 1.165) is 54.9 Å². The molecular weight excluding hydrogens is 535 g/mol. The number of anilines is 2. The van der Waals surface area contributed by atoms with Crippen molar-refractivity contribution >= 4 is 38.6 Å². The summed E-state index contributed by atoms with van der Waals surface area (Å²) in [6, 6.07) is 13.2. The van der Waals surface area contributed by atoms with Gasteiger partial charge >= 0.3 is 6.36 Å². The highest BCUT2D eigenvalue weighted by Crippen LogP contribution is 2.32. The first-order valence-corrected chi connectivity index (χ1v) is 13.2. The van der Waals surface area contributed by atoms with E-state index in [1.165, 1.54) is 18.9 Å². The molecule has 0 saturated heterocycles. The Bertz CT molecular complexity index is 1200. The molecule has 192 valence electrons. The Balaban J connectivity index is 1.16. The lowest BCUT2D eigenvalue weighted by Crippen LogP contribution is -2.37. The minimum absolute atomic E-state index is 0.181. The Hall–Kier alpha value is -2.59. The van der Waals surface area contributed by atoms with Crippen molar-refractivity contribution < 1.29 is 17.9 Å². The van der Waals surface area contributed by atoms with Crippen LogP contribution in [0.15, 0.2) is 46.9 Å². The SMILES string of the molecule is FC(F)(F)Oc1cc(Br)ccc1CN[C@H]1CC[C@@H](Nc2nc(NCC3CC3)c3ccccc3n2)CC1. The highest BCUT2D eigenvalue weighted by molar-refractivity contribution is 9.10. The molecule has 2 fully saturated rings. The van der Waals surface area contributed by atoms with Crippen LogP contribution >= 0.6 is 15.9 Å². The first-order valence-electron chi connectivity index (χ1n) is 12.4. The second-order valence-electron chi connectivity index (χ2n) is 9.61. The summed E-state index contributed by atoms with van der Waals surface area (Å²) in [7, 11) is 0. The minimum Gasteiger partial charge on any atom is -0.405 e. The number of nitrogens with one attached hydrogen (secondary N) is 3. The fourth-order valence-corrected chi connectivity index (χ4v) is 4.95. The molecule has 0 radical (unpaired) electrons. The highest BCUT2D eigenvalue weighted by Gasteiger charge is 2.32. The number of hydrogen-bond donors (Lipinski definition) is 3. The summed E-state index contributed by atoms with van der Waals surface area (Å²) in [5, 5.41) is 11.4. The van der Waals surface area contributed by atoms with Crippen molar-refractivity contribution in [2.75, 3.05) is 17.2 Å². The summed E-state index contributed by atoms with van der Waals surface area (Å²) in [6.07, 6.45) is 1.48. The molecule has 36 heavy (non-hydrogen) atoms. The van der Waals surface area contributed by atoms with Gasteiger partial charge in [-0.05, 0) is 68.7 Å². The number of benzene rings is 2. The van der Waals surface area contributed by atoms with E-state index in [4.69, 9.17) is 9.97 Å². The Morgan fingerprint density at radius 1 is 0.944 bits per heavy atom. The number of halogens is 4. The third kappa shape index (κ3) is 6.79. The maximum atomic E-state index is 12.8. The molecule has 10 heteroatoms. The van der Waals surface area contributed by atoms with Crippen LogP contribution in [-0.2, 0) is 6.54 Å². The topological polar surface area (TPSA) is 71.1 Å². The number of fused-ring (bicyclic) bond motifs is 1. The Morgan fingerprint density at radius 3 is 2.44 bits per heavy atom. The Morgan fingerprint density at radius 2 is 1.69 bits per heavy atom. The average molecular weight is 564 g/mol. The van der Waals surface area contributed by atoms with Crippen LogP contribution in [0.3, 0.4) is 0 Å². The number of ether oxygens (including phenoxy) is 1. The zero-order valence-corrected chi connectivity index (χ0v) is 21.3. The van der Waals surface area contributed by atoms with Gasteiger partial charge in [0.2, 0.25) is 5.95 Å². The van der Waals surface area contributed by atoms with Gasteiger partial charge in [-0.25, -0.2) is 4.98 Å². The zero-order valence-electron chi connectivity index (χ0n) is 19.7. The van der Waals surface area contributed by atoms with Gasteiger partial charge in [-0.15, -0.1) is 13.2 Å². The van der Waals surface area contributed by atoms with E-state index in [9.17, 15) is 13.2 Å². The lowest BCUT2D eigenvalue weighted by atomic mass is 9.91. The standard InChI is InChI=1S/C26H29BrF3N5O/c27-18-8-7-17(23(13-18)36-26(28,29)30)15-31-19-9-11-20(12-10-19)33-25-34-22-4-2-1-3-21(22)24(35-25)32-14-16-5-6-16/h1-4,7-8,13,16,19-20,31H,5-6,9-12,14-15H2,(H2,32,33,34,35)/t19-,20+. The van der Waals surface area contributed by atoms with E-state index in [-0.39, 0.29) is 17.8 Å². The molecule has 2 aliphatic rings. The molecule has 0 unspecified atom stereocenters. The zero-order chi connectivity index (χ0) is 25.1. The third-order valence-corrected chi connectivity index (χ3v) is 7.25. The molecule has 0 atom stereocenters. The maximum Gasteiger partial charge on any atom is 0.573 e. The second-order valence-corrected chi connectivity index (χ2v) is 10.5. The van der Waals surface area contributed by atoms with Crippen molar-refractivity contribution in [3.63, 3.8) is 0 Å². The fourth-order valence-electron chi connectivity index (χ4n) is 4.61. The fraction of sp³-hybridized carbons (Fsp3) is 0.462. The van der Waals surface area contributed by atoms with Crippen LogP contribution in [0.4, 0.5) is 24.9 Å². The summed E-state index contributed by atoms with van der Waals surface area (Å²) in [6.45, 7) is 1.25. The van der Waals surface area contributed by atoms with Gasteiger partial charge in [-0.2, -0.15) is 4.98 Å². The van der Waals surface area contributed by atoms with E-state index in [1.807, 2.05) is 24.3 Å². The van der Waals surface area contributed by atoms with Crippen LogP contribution in [0, 0.1) is 5.92 Å². The van der Waals surface area contributed by atoms with Crippen LogP contribution in [-0.4, -0.2) is 35.0 Å². The summed E-state index contributed by atoms with van der Waals surface area (Å²) in [5.74, 6) is 2.06. The summed E-state index contributed by atoms with van der Waals surface area (Å²) in [4.78, 5) is 9.50. The molecular formula is C26H29BrF3N5O. The monoisotopic (exact) mass is 563 g/mol. The molecule has 2 saturated carbocycles. The molecule has 2 aromatic carbocycles. The minimum atomic E-state index is -4.72. The Kier molecular flexibility index (Phi) is 7.52. The van der Waals surface area contributed by atoms with E-state index in [2.05, 4.69) is 36.6 Å². The van der Waals surface area contributed by atoms with Gasteiger partial charge in [-0.3, -0.25) is 0 Å². The van der Waals surface area contributed by atoms with Crippen molar-refractivity contribution in [3.05, 3.63) is 52.5 Å². The van der Waals surface area contributed by atoms with Gasteiger partial charge < -0.3 is 20.7 Å². The van der Waals surface area contributed by atoms with E-state index < -0.39 is 6.36 Å². The van der Waals surface area contributed by atoms with E-state index in [0.29, 0.717) is 22.5 Å². The number of aromatic nitrogens is 2. The normalized spacial score (nSPS) is 20.3. The van der Waals surface area contributed by atoms with Crippen LogP contribution in [0.2, 0.25) is 0 Å². The van der Waals surface area contributed by atoms with E-state index >= 15 is 0 Å². The highest BCUT2D eigenvalue weighted by atomic mass is 79.9. The Labute approximate surface area is 216 Å². The van der Waals surface area contributed by atoms with Gasteiger partial charge in [0.1, 0.15) is 11.6 Å². The van der Waals surface area contributed by atoms with Gasteiger partial charge in [0.25, 0.3) is 0 Å². The molecule has 3 N–H and O–H groups in total. The molecule has 0 bridgehead atoms. The van der Waals surface area contributed by atoms with Crippen molar-refractivity contribution in [3.8, 4) is 5.75 Å². The lowest BCUT2D eigenvalue weighted by Gasteiger charge is -2.30. The molecule has 0 spiro atoms. The van der Waals surface area contributed by atoms with Crippen molar-refractivity contribution in [1.29, 1.82) is 0 Å². The number of para-hydroxylation sites is 1. The predicted molar refractivity (Wildman–Crippen MR) is 138 cm³/mol. The van der Waals surface area contributed by atoms with Crippen LogP contribution < -0.4 is 20.7 Å². The van der Waals surface area contributed by atoms with Crippen molar-refractivity contribution in [1.82, 2.24) is 15.3 Å². The lowest BCUT2D eigenvalue weighted by molar-refractivity contribution is -0.274. The average Bonchev–Trinajstić information content (AvgIpc) is 3.67.